The third kappa shape index (κ3) is 3.73. The van der Waals surface area contributed by atoms with E-state index >= 15 is 0 Å². The van der Waals surface area contributed by atoms with Gasteiger partial charge in [0, 0.05) is 18.1 Å². The zero-order valence-electron chi connectivity index (χ0n) is 20.4. The Hall–Kier alpha value is -2.44. The lowest BCUT2D eigenvalue weighted by Gasteiger charge is -2.45. The molecule has 2 fully saturated rings. The Morgan fingerprint density at radius 3 is 1.91 bits per heavy atom. The number of rotatable bonds is 6. The first kappa shape index (κ1) is 22.4. The molecular formula is C27H36N4OSi. The van der Waals surface area contributed by atoms with Gasteiger partial charge in [-0.1, -0.05) is 81.4 Å². The van der Waals surface area contributed by atoms with E-state index in [-0.39, 0.29) is 17.2 Å². The summed E-state index contributed by atoms with van der Waals surface area (Å²) >= 11 is 0. The molecule has 5 nitrogen and oxygen atoms in total. The lowest BCUT2D eigenvalue weighted by molar-refractivity contribution is 0.177. The average Bonchev–Trinajstić information content (AvgIpc) is 3.09. The number of hydrogen-bond acceptors (Lipinski definition) is 4. The molecule has 2 saturated carbocycles. The third-order valence-corrected chi connectivity index (χ3v) is 12.7. The number of anilines is 1. The molecule has 33 heavy (non-hydrogen) atoms. The van der Waals surface area contributed by atoms with Crippen LogP contribution in [0.1, 0.15) is 65.2 Å². The summed E-state index contributed by atoms with van der Waals surface area (Å²) in [5, 5.41) is 7.17. The summed E-state index contributed by atoms with van der Waals surface area (Å²) < 4.78 is 9.40. The van der Waals surface area contributed by atoms with Crippen LogP contribution < -0.4 is 16.1 Å². The molecule has 2 atom stereocenters. The molecule has 0 aliphatic heterocycles. The van der Waals surface area contributed by atoms with Crippen LogP contribution in [0.3, 0.4) is 0 Å². The minimum absolute atomic E-state index is 0.00809. The van der Waals surface area contributed by atoms with Crippen LogP contribution in [-0.4, -0.2) is 29.2 Å². The fraction of sp³-hybridized carbons (Fsp3) is 0.481. The van der Waals surface area contributed by atoms with Crippen LogP contribution in [0.5, 0.6) is 0 Å². The zero-order chi connectivity index (χ0) is 23.4. The summed E-state index contributed by atoms with van der Waals surface area (Å²) in [7, 11) is -2.50. The van der Waals surface area contributed by atoms with Crippen LogP contribution in [0.15, 0.2) is 60.7 Å². The molecule has 3 aromatic rings. The highest BCUT2D eigenvalue weighted by Crippen LogP contribution is 2.64. The molecule has 174 valence electrons. The predicted octanol–water partition coefficient (Wildman–Crippen LogP) is 4.51. The van der Waals surface area contributed by atoms with Crippen molar-refractivity contribution in [3.63, 3.8) is 0 Å². The molecule has 2 aliphatic rings. The van der Waals surface area contributed by atoms with Crippen molar-refractivity contribution in [3.8, 4) is 0 Å². The van der Waals surface area contributed by atoms with Crippen LogP contribution in [0.2, 0.25) is 5.04 Å². The van der Waals surface area contributed by atoms with E-state index in [0.29, 0.717) is 23.7 Å². The van der Waals surface area contributed by atoms with Crippen LogP contribution >= 0.6 is 0 Å². The maximum Gasteiger partial charge on any atom is 0.261 e. The second-order valence-electron chi connectivity index (χ2n) is 11.1. The second-order valence-corrected chi connectivity index (χ2v) is 15.3. The largest absolute Gasteiger partial charge is 0.404 e. The molecule has 1 aromatic heterocycles. The van der Waals surface area contributed by atoms with Gasteiger partial charge in [-0.05, 0) is 53.9 Å². The van der Waals surface area contributed by atoms with Gasteiger partial charge in [-0.3, -0.25) is 0 Å². The number of nitrogens with zero attached hydrogens (tertiary/aromatic N) is 3. The first-order valence-corrected chi connectivity index (χ1v) is 14.1. The lowest BCUT2D eigenvalue weighted by Crippen LogP contribution is -2.67. The fourth-order valence-electron chi connectivity index (χ4n) is 6.17. The Kier molecular flexibility index (Phi) is 5.49. The van der Waals surface area contributed by atoms with Gasteiger partial charge in [0.2, 0.25) is 5.95 Å². The number of hydrogen-bond donors (Lipinski definition) is 1. The van der Waals surface area contributed by atoms with Gasteiger partial charge < -0.3 is 10.2 Å². The van der Waals surface area contributed by atoms with E-state index in [9.17, 15) is 0 Å². The smallest absolute Gasteiger partial charge is 0.261 e. The fourth-order valence-corrected chi connectivity index (χ4v) is 10.9. The molecule has 2 aromatic carbocycles. The Morgan fingerprint density at radius 1 is 0.939 bits per heavy atom. The zero-order valence-corrected chi connectivity index (χ0v) is 21.4. The van der Waals surface area contributed by atoms with Gasteiger partial charge in [0.05, 0.1) is 0 Å². The summed E-state index contributed by atoms with van der Waals surface area (Å²) in [5.41, 5.74) is 5.96. The van der Waals surface area contributed by atoms with Gasteiger partial charge in [0.1, 0.15) is 5.82 Å². The number of aromatic nitrogens is 3. The van der Waals surface area contributed by atoms with E-state index < -0.39 is 8.32 Å². The number of nitrogens with two attached hydrogens (primary N) is 1. The van der Waals surface area contributed by atoms with Gasteiger partial charge in [0.15, 0.2) is 0 Å². The van der Waals surface area contributed by atoms with Crippen molar-refractivity contribution in [3.05, 3.63) is 66.5 Å². The van der Waals surface area contributed by atoms with Gasteiger partial charge in [0.25, 0.3) is 8.32 Å². The Balaban J connectivity index is 1.44. The van der Waals surface area contributed by atoms with Gasteiger partial charge >= 0.3 is 0 Å². The summed E-state index contributed by atoms with van der Waals surface area (Å²) in [6.07, 6.45) is 2.45. The highest BCUT2D eigenvalue weighted by atomic mass is 28.4. The number of fused-ring (bicyclic) bond motifs is 1. The summed E-state index contributed by atoms with van der Waals surface area (Å²) in [6, 6.07) is 22.2. The van der Waals surface area contributed by atoms with Gasteiger partial charge in [-0.25, -0.2) is 4.68 Å². The Labute approximate surface area is 198 Å². The van der Waals surface area contributed by atoms with Crippen molar-refractivity contribution in [2.24, 2.45) is 11.8 Å². The third-order valence-electron chi connectivity index (χ3n) is 7.62. The monoisotopic (exact) mass is 460 g/mol. The highest BCUT2D eigenvalue weighted by molar-refractivity contribution is 6.99. The van der Waals surface area contributed by atoms with E-state index in [1.807, 2.05) is 4.68 Å². The summed E-state index contributed by atoms with van der Waals surface area (Å²) in [4.78, 5) is 4.61. The lowest BCUT2D eigenvalue weighted by atomic mass is 10.1. The molecule has 2 aliphatic carbocycles. The Bertz CT molecular complexity index is 1050. The van der Waals surface area contributed by atoms with Crippen LogP contribution in [0, 0.1) is 11.8 Å². The number of nitrogen functional groups attached to an aromatic ring is 1. The topological polar surface area (TPSA) is 66.0 Å². The average molecular weight is 461 g/mol. The van der Waals surface area contributed by atoms with Crippen molar-refractivity contribution in [2.75, 3.05) is 5.73 Å². The van der Waals surface area contributed by atoms with E-state index in [1.165, 1.54) is 10.4 Å². The van der Waals surface area contributed by atoms with Crippen LogP contribution in [-0.2, 0) is 4.43 Å². The van der Waals surface area contributed by atoms with Gasteiger partial charge in [-0.2, -0.15) is 4.98 Å². The van der Waals surface area contributed by atoms with Crippen molar-refractivity contribution in [1.29, 1.82) is 0 Å². The number of benzene rings is 2. The van der Waals surface area contributed by atoms with Crippen LogP contribution in [0.25, 0.3) is 0 Å². The van der Waals surface area contributed by atoms with Crippen molar-refractivity contribution in [2.45, 2.75) is 70.6 Å². The second kappa shape index (κ2) is 8.10. The first-order chi connectivity index (χ1) is 15.7. The molecule has 0 radical (unpaired) electrons. The maximum absolute atomic E-state index is 7.37. The van der Waals surface area contributed by atoms with Crippen molar-refractivity contribution in [1.82, 2.24) is 14.8 Å². The first-order valence-electron chi connectivity index (χ1n) is 12.2. The Morgan fingerprint density at radius 2 is 1.45 bits per heavy atom. The SMILES string of the molecule is CC(C)n1nc(N)nc1C1C2CC(O[Si](c3ccccc3)(c3ccccc3)C(C)(C)C)CC21. The van der Waals surface area contributed by atoms with E-state index in [1.54, 1.807) is 0 Å². The molecule has 0 saturated heterocycles. The van der Waals surface area contributed by atoms with Crippen molar-refractivity contribution < 1.29 is 4.43 Å². The molecule has 6 heteroatoms. The molecule has 1 heterocycles. The molecule has 2 N–H and O–H groups in total. The van der Waals surface area contributed by atoms with Crippen molar-refractivity contribution >= 4 is 24.6 Å². The van der Waals surface area contributed by atoms with Gasteiger partial charge in [-0.15, -0.1) is 5.10 Å². The molecule has 0 spiro atoms. The molecule has 5 rings (SSSR count). The highest BCUT2D eigenvalue weighted by Gasteiger charge is 2.61. The normalized spacial score (nSPS) is 24.8. The van der Waals surface area contributed by atoms with Crippen LogP contribution in [0.4, 0.5) is 5.95 Å². The minimum Gasteiger partial charge on any atom is -0.404 e. The quantitative estimate of drug-likeness (QED) is 0.550. The standard InChI is InChI=1S/C27H36N4OSi/c1-18(2)31-25(29-26(28)30-31)24-22-16-19(17-23(22)24)32-33(27(3,4)5,20-12-8-6-9-13-20)21-14-10-7-11-15-21/h6-15,18-19,22-24H,16-17H2,1-5H3,(H2,28,30). The molecule has 0 bridgehead atoms. The van der Waals surface area contributed by atoms with E-state index in [2.05, 4.69) is 105 Å². The molecule has 0 amide bonds. The molecule has 2 unspecified atom stereocenters. The van der Waals surface area contributed by atoms with E-state index in [4.69, 9.17) is 10.2 Å². The predicted molar refractivity (Wildman–Crippen MR) is 136 cm³/mol. The van der Waals surface area contributed by atoms with E-state index in [0.717, 1.165) is 18.7 Å². The minimum atomic E-state index is -2.50. The summed E-state index contributed by atoms with van der Waals surface area (Å²) in [5.74, 6) is 3.17. The summed E-state index contributed by atoms with van der Waals surface area (Å²) in [6.45, 7) is 11.3. The molecular weight excluding hydrogens is 424 g/mol. The maximum atomic E-state index is 7.37.